The fourth-order valence-electron chi connectivity index (χ4n) is 6.77. The zero-order chi connectivity index (χ0) is 38.9. The molecule has 1 unspecified atom stereocenters. The fourth-order valence-corrected chi connectivity index (χ4v) is 7.87. The van der Waals surface area contributed by atoms with Crippen LogP contribution in [0.5, 0.6) is 0 Å². The van der Waals surface area contributed by atoms with E-state index in [0.717, 1.165) is 12.1 Å². The molecule has 0 spiro atoms. The number of aromatic nitrogens is 6. The number of amides is 1. The molecule has 5 N–H and O–H groups in total. The number of fused-ring (bicyclic) bond motifs is 3. The highest BCUT2D eigenvalue weighted by Gasteiger charge is 2.46. The minimum Gasteiger partial charge on any atom is -0.389 e. The molecule has 0 saturated carbocycles. The van der Waals surface area contributed by atoms with Crippen LogP contribution in [0.1, 0.15) is 60.9 Å². The summed E-state index contributed by atoms with van der Waals surface area (Å²) in [5, 5.41) is 25.3. The van der Waals surface area contributed by atoms with Crippen molar-refractivity contribution in [1.29, 1.82) is 0 Å². The first-order valence-corrected chi connectivity index (χ1v) is 17.8. The number of thiazole rings is 1. The van der Waals surface area contributed by atoms with Gasteiger partial charge in [0.05, 0.1) is 38.0 Å². The van der Waals surface area contributed by atoms with Crippen LogP contribution in [0.15, 0.2) is 36.4 Å². The van der Waals surface area contributed by atoms with Crippen LogP contribution in [0.25, 0.3) is 32.4 Å². The first-order valence-electron chi connectivity index (χ1n) is 16.6. The molecular weight excluding hydrogens is 760 g/mol. The lowest BCUT2D eigenvalue weighted by Crippen LogP contribution is -2.35. The van der Waals surface area contributed by atoms with Gasteiger partial charge in [0.15, 0.2) is 16.6 Å². The van der Waals surface area contributed by atoms with Crippen molar-refractivity contribution in [3.63, 3.8) is 0 Å². The van der Waals surface area contributed by atoms with Gasteiger partial charge in [-0.05, 0) is 56.5 Å². The van der Waals surface area contributed by atoms with Crippen molar-refractivity contribution >= 4 is 61.0 Å². The second kappa shape index (κ2) is 13.7. The van der Waals surface area contributed by atoms with Gasteiger partial charge in [-0.1, -0.05) is 29.0 Å². The van der Waals surface area contributed by atoms with E-state index >= 15 is 0 Å². The van der Waals surface area contributed by atoms with E-state index in [4.69, 9.17) is 22.3 Å². The summed E-state index contributed by atoms with van der Waals surface area (Å²) < 4.78 is 89.3. The average molecular weight is 792 g/mol. The lowest BCUT2D eigenvalue weighted by Gasteiger charge is -2.23. The molecule has 4 aromatic heterocycles. The molecule has 4 heterocycles. The average Bonchev–Trinajstić information content (AvgIpc) is 3.81. The third kappa shape index (κ3) is 7.16. The number of nitrogens with zero attached hydrogens (tertiary/aromatic N) is 6. The summed E-state index contributed by atoms with van der Waals surface area (Å²) in [6, 6.07) is 6.64. The van der Waals surface area contributed by atoms with Crippen molar-refractivity contribution in [1.82, 2.24) is 34.8 Å². The molecule has 0 bridgehead atoms. The Morgan fingerprint density at radius 2 is 1.81 bits per heavy atom. The van der Waals surface area contributed by atoms with Crippen molar-refractivity contribution in [3.05, 3.63) is 81.3 Å². The van der Waals surface area contributed by atoms with Gasteiger partial charge in [0, 0.05) is 42.8 Å². The number of carbonyl (C=O) groups excluding carboxylic acids is 1. The molecule has 0 aliphatic heterocycles. The van der Waals surface area contributed by atoms with E-state index in [2.05, 4.69) is 25.8 Å². The van der Waals surface area contributed by atoms with Crippen LogP contribution >= 0.6 is 22.9 Å². The molecule has 1 atom stereocenters. The van der Waals surface area contributed by atoms with E-state index in [0.29, 0.717) is 47.6 Å². The van der Waals surface area contributed by atoms with Gasteiger partial charge in [-0.3, -0.25) is 14.2 Å². The zero-order valence-electron chi connectivity index (χ0n) is 28.8. The third-order valence-corrected chi connectivity index (χ3v) is 10.2. The highest BCUT2D eigenvalue weighted by Crippen LogP contribution is 2.45. The SMILES string of the molecule is Cn1nc(N)c2c(Cl)ccc(-c3cc4sc(NCC(C)(C)O)nc4nc3C(Cc3cc(F)cc(F)c3)NC(=O)Cn3nc(C(F)F)c4c3C(F)(F)CC4)c21. The Morgan fingerprint density at radius 1 is 1.09 bits per heavy atom. The Bertz CT molecular complexity index is 2420. The smallest absolute Gasteiger partial charge is 0.290 e. The number of nitrogens with two attached hydrogens (primary N) is 1. The van der Waals surface area contributed by atoms with Crippen molar-refractivity contribution in [2.75, 3.05) is 17.6 Å². The van der Waals surface area contributed by atoms with Gasteiger partial charge in [0.2, 0.25) is 5.91 Å². The number of carbonyl (C=O) groups is 1. The van der Waals surface area contributed by atoms with Gasteiger partial charge in [-0.25, -0.2) is 27.5 Å². The standard InChI is InChI=1S/C35H32ClF6N9O2S/c1-34(2,53)14-44-33-47-32-23(54-33)12-20(18-4-5-21(36)25-28(18)50(3)49-31(25)43)26(46-32)22(10-15-8-16(37)11-17(38)9-15)45-24(52)13-51-29-19(6-7-35(29,41)42)27(48-51)30(39)40/h4-5,8-9,11-12,22,30,53H,6-7,10,13-14H2,1-3H3,(H2,43,49)(H,45,52)(H,44,46,47). The third-order valence-electron chi connectivity index (χ3n) is 8.98. The molecule has 1 amide bonds. The van der Waals surface area contributed by atoms with Crippen molar-refractivity contribution in [3.8, 4) is 11.1 Å². The number of halogens is 7. The lowest BCUT2D eigenvalue weighted by molar-refractivity contribution is -0.122. The second-order valence-corrected chi connectivity index (χ2v) is 15.2. The molecule has 2 aromatic carbocycles. The predicted octanol–water partition coefficient (Wildman–Crippen LogP) is 7.21. The van der Waals surface area contributed by atoms with Crippen LogP contribution in [0, 0.1) is 11.6 Å². The summed E-state index contributed by atoms with van der Waals surface area (Å²) in [6.07, 6.45) is -4.46. The predicted molar refractivity (Wildman–Crippen MR) is 192 cm³/mol. The van der Waals surface area contributed by atoms with Crippen molar-refractivity contribution < 1.29 is 36.2 Å². The molecule has 1 aliphatic carbocycles. The first-order chi connectivity index (χ1) is 25.4. The minimum absolute atomic E-state index is 0.106. The molecule has 6 aromatic rings. The quantitative estimate of drug-likeness (QED) is 0.101. The number of hydrogen-bond donors (Lipinski definition) is 4. The van der Waals surface area contributed by atoms with E-state index in [9.17, 15) is 36.2 Å². The Morgan fingerprint density at radius 3 is 2.50 bits per heavy atom. The van der Waals surface area contributed by atoms with Crippen LogP contribution < -0.4 is 16.4 Å². The van der Waals surface area contributed by atoms with Crippen molar-refractivity contribution in [2.45, 2.75) is 63.6 Å². The van der Waals surface area contributed by atoms with E-state index in [1.807, 2.05) is 0 Å². The van der Waals surface area contributed by atoms with Gasteiger partial charge < -0.3 is 21.5 Å². The van der Waals surface area contributed by atoms with Crippen LogP contribution in [0.2, 0.25) is 5.02 Å². The van der Waals surface area contributed by atoms with E-state index in [1.165, 1.54) is 16.0 Å². The number of benzene rings is 2. The molecule has 19 heteroatoms. The monoisotopic (exact) mass is 791 g/mol. The van der Waals surface area contributed by atoms with Crippen LogP contribution in [0.3, 0.4) is 0 Å². The highest BCUT2D eigenvalue weighted by molar-refractivity contribution is 7.22. The van der Waals surface area contributed by atoms with Gasteiger partial charge in [-0.2, -0.15) is 19.0 Å². The lowest BCUT2D eigenvalue weighted by atomic mass is 9.94. The van der Waals surface area contributed by atoms with E-state index in [-0.39, 0.29) is 47.7 Å². The highest BCUT2D eigenvalue weighted by atomic mass is 35.5. The Labute approximate surface area is 312 Å². The normalized spacial score (nSPS) is 14.7. The van der Waals surface area contributed by atoms with Gasteiger partial charge >= 0.3 is 0 Å². The number of hydrogen-bond acceptors (Lipinski definition) is 9. The van der Waals surface area contributed by atoms with Gasteiger partial charge in [0.25, 0.3) is 12.3 Å². The minimum atomic E-state index is -3.50. The number of aliphatic hydroxyl groups is 1. The number of rotatable bonds is 11. The number of anilines is 2. The molecule has 284 valence electrons. The van der Waals surface area contributed by atoms with Gasteiger partial charge in [-0.15, -0.1) is 0 Å². The first kappa shape index (κ1) is 37.4. The summed E-state index contributed by atoms with van der Waals surface area (Å²) in [7, 11) is 1.65. The number of nitrogens with one attached hydrogen (secondary N) is 2. The molecule has 0 radical (unpaired) electrons. The Balaban J connectivity index is 1.39. The van der Waals surface area contributed by atoms with Crippen molar-refractivity contribution in [2.24, 2.45) is 7.05 Å². The molecule has 7 rings (SSSR count). The summed E-state index contributed by atoms with van der Waals surface area (Å²) in [5.74, 6) is -6.06. The fraction of sp³-hybridized carbons (Fsp3) is 0.343. The summed E-state index contributed by atoms with van der Waals surface area (Å²) >= 11 is 7.77. The van der Waals surface area contributed by atoms with Crippen LogP contribution in [-0.2, 0) is 37.2 Å². The molecule has 11 nitrogen and oxygen atoms in total. The molecule has 0 saturated heterocycles. The number of aryl methyl sites for hydroxylation is 1. The molecule has 1 aliphatic rings. The maximum absolute atomic E-state index is 14.9. The maximum atomic E-state index is 14.9. The summed E-state index contributed by atoms with van der Waals surface area (Å²) in [4.78, 5) is 23.3. The van der Waals surface area contributed by atoms with E-state index in [1.54, 1.807) is 39.1 Å². The van der Waals surface area contributed by atoms with Gasteiger partial charge in [0.1, 0.15) is 29.6 Å². The second-order valence-electron chi connectivity index (χ2n) is 13.7. The van der Waals surface area contributed by atoms with Crippen LogP contribution in [0.4, 0.5) is 37.3 Å². The molecule has 54 heavy (non-hydrogen) atoms. The number of alkyl halides is 4. The zero-order valence-corrected chi connectivity index (χ0v) is 30.4. The number of nitrogen functional groups attached to an aromatic ring is 1. The van der Waals surface area contributed by atoms with Crippen LogP contribution in [-0.4, -0.2) is 52.7 Å². The molecule has 0 fully saturated rings. The maximum Gasteiger partial charge on any atom is 0.290 e. The summed E-state index contributed by atoms with van der Waals surface area (Å²) in [5.41, 5.74) is 5.11. The topological polar surface area (TPSA) is 149 Å². The Hall–Kier alpha value is -4.94. The Kier molecular flexibility index (Phi) is 9.50. The molecular formula is C35H32ClF6N9O2S. The van der Waals surface area contributed by atoms with E-state index < -0.39 is 65.9 Å². The number of pyridine rings is 1. The summed E-state index contributed by atoms with van der Waals surface area (Å²) in [6.45, 7) is 2.50. The largest absolute Gasteiger partial charge is 0.389 e.